The average Bonchev–Trinajstić information content (AvgIpc) is 2.64. The molecule has 1 atom stereocenters. The minimum atomic E-state index is -0.0164. The summed E-state index contributed by atoms with van der Waals surface area (Å²) in [5.41, 5.74) is 1.97. The number of carbonyl (C=O) groups excluding carboxylic acids is 1. The van der Waals surface area contributed by atoms with E-state index in [4.69, 9.17) is 34.8 Å². The van der Waals surface area contributed by atoms with Gasteiger partial charge in [0.2, 0.25) is 5.91 Å². The molecule has 1 heterocycles. The molecule has 0 spiro atoms. The monoisotopic (exact) mass is 410 g/mol. The third kappa shape index (κ3) is 5.14. The molecule has 138 valence electrons. The second kappa shape index (κ2) is 9.09. The van der Waals surface area contributed by atoms with Crippen LogP contribution in [-0.2, 0) is 17.9 Å². The van der Waals surface area contributed by atoms with Crippen molar-refractivity contribution in [3.63, 3.8) is 0 Å². The SMILES string of the molecule is O=C(NCc1ccc(Cl)cc1)C1CCCN(Cc2c(Cl)cccc2Cl)C1. The number of amides is 1. The van der Waals surface area contributed by atoms with Gasteiger partial charge in [-0.3, -0.25) is 9.69 Å². The van der Waals surface area contributed by atoms with Gasteiger partial charge in [0, 0.05) is 40.3 Å². The van der Waals surface area contributed by atoms with E-state index in [9.17, 15) is 4.79 Å². The molecule has 1 saturated heterocycles. The zero-order valence-corrected chi connectivity index (χ0v) is 16.6. The Labute approximate surface area is 169 Å². The van der Waals surface area contributed by atoms with Crippen LogP contribution in [0.1, 0.15) is 24.0 Å². The number of carbonyl (C=O) groups is 1. The van der Waals surface area contributed by atoms with Gasteiger partial charge in [0.15, 0.2) is 0 Å². The Morgan fingerprint density at radius 3 is 2.46 bits per heavy atom. The lowest BCUT2D eigenvalue weighted by atomic mass is 9.96. The Bertz CT molecular complexity index is 744. The van der Waals surface area contributed by atoms with Crippen molar-refractivity contribution in [2.75, 3.05) is 13.1 Å². The Morgan fingerprint density at radius 1 is 1.08 bits per heavy atom. The first-order valence-electron chi connectivity index (χ1n) is 8.70. The van der Waals surface area contributed by atoms with Crippen LogP contribution in [0.5, 0.6) is 0 Å². The largest absolute Gasteiger partial charge is 0.352 e. The summed E-state index contributed by atoms with van der Waals surface area (Å²) in [4.78, 5) is 14.8. The lowest BCUT2D eigenvalue weighted by Gasteiger charge is -2.32. The minimum Gasteiger partial charge on any atom is -0.352 e. The molecule has 1 aliphatic heterocycles. The number of rotatable bonds is 5. The van der Waals surface area contributed by atoms with Crippen LogP contribution < -0.4 is 5.32 Å². The number of halogens is 3. The summed E-state index contributed by atoms with van der Waals surface area (Å²) < 4.78 is 0. The molecule has 0 saturated carbocycles. The second-order valence-corrected chi connectivity index (χ2v) is 7.87. The zero-order chi connectivity index (χ0) is 18.5. The average molecular weight is 412 g/mol. The molecule has 2 aromatic carbocycles. The van der Waals surface area contributed by atoms with Gasteiger partial charge in [0.05, 0.1) is 5.92 Å². The van der Waals surface area contributed by atoms with Crippen LogP contribution in [0.25, 0.3) is 0 Å². The lowest BCUT2D eigenvalue weighted by Crippen LogP contribution is -2.42. The molecule has 1 fully saturated rings. The van der Waals surface area contributed by atoms with E-state index in [1.165, 1.54) is 0 Å². The van der Waals surface area contributed by atoms with E-state index in [0.29, 0.717) is 34.7 Å². The van der Waals surface area contributed by atoms with E-state index in [1.807, 2.05) is 42.5 Å². The maximum absolute atomic E-state index is 12.6. The van der Waals surface area contributed by atoms with Crippen LogP contribution in [-0.4, -0.2) is 23.9 Å². The predicted octanol–water partition coefficient (Wildman–Crippen LogP) is 5.18. The fourth-order valence-corrected chi connectivity index (χ4v) is 3.90. The first-order valence-corrected chi connectivity index (χ1v) is 9.83. The molecule has 0 aromatic heterocycles. The molecule has 0 radical (unpaired) electrons. The summed E-state index contributed by atoms with van der Waals surface area (Å²) >= 11 is 18.4. The maximum Gasteiger partial charge on any atom is 0.224 e. The number of nitrogens with zero attached hydrogens (tertiary/aromatic N) is 1. The second-order valence-electron chi connectivity index (χ2n) is 6.62. The number of piperidine rings is 1. The molecule has 6 heteroatoms. The number of hydrogen-bond acceptors (Lipinski definition) is 2. The summed E-state index contributed by atoms with van der Waals surface area (Å²) in [6, 6.07) is 13.1. The summed E-state index contributed by atoms with van der Waals surface area (Å²) in [6.45, 7) is 2.85. The van der Waals surface area contributed by atoms with Crippen LogP contribution in [0.2, 0.25) is 15.1 Å². The highest BCUT2D eigenvalue weighted by Crippen LogP contribution is 2.27. The van der Waals surface area contributed by atoms with E-state index < -0.39 is 0 Å². The van der Waals surface area contributed by atoms with Crippen molar-refractivity contribution >= 4 is 40.7 Å². The molecule has 1 amide bonds. The van der Waals surface area contributed by atoms with Crippen molar-refractivity contribution in [2.24, 2.45) is 5.92 Å². The highest BCUT2D eigenvalue weighted by atomic mass is 35.5. The predicted molar refractivity (Wildman–Crippen MR) is 108 cm³/mol. The van der Waals surface area contributed by atoms with Crippen molar-refractivity contribution in [2.45, 2.75) is 25.9 Å². The van der Waals surface area contributed by atoms with Gasteiger partial charge in [-0.15, -0.1) is 0 Å². The highest BCUT2D eigenvalue weighted by Gasteiger charge is 2.26. The van der Waals surface area contributed by atoms with Gasteiger partial charge in [0.1, 0.15) is 0 Å². The highest BCUT2D eigenvalue weighted by molar-refractivity contribution is 6.36. The lowest BCUT2D eigenvalue weighted by molar-refractivity contribution is -0.126. The van der Waals surface area contributed by atoms with Gasteiger partial charge in [-0.25, -0.2) is 0 Å². The molecule has 3 nitrogen and oxygen atoms in total. The van der Waals surface area contributed by atoms with E-state index in [0.717, 1.165) is 30.5 Å². The maximum atomic E-state index is 12.6. The van der Waals surface area contributed by atoms with Crippen molar-refractivity contribution in [3.8, 4) is 0 Å². The molecule has 0 aliphatic carbocycles. The summed E-state index contributed by atoms with van der Waals surface area (Å²) in [6.07, 6.45) is 1.89. The standard InChI is InChI=1S/C20H21Cl3N2O/c21-16-8-6-14(7-9-16)11-24-20(26)15-3-2-10-25(12-15)13-17-18(22)4-1-5-19(17)23/h1,4-9,15H,2-3,10-13H2,(H,24,26). The number of likely N-dealkylation sites (tertiary alicyclic amines) is 1. The normalized spacial score (nSPS) is 17.9. The summed E-state index contributed by atoms with van der Waals surface area (Å²) in [7, 11) is 0. The smallest absolute Gasteiger partial charge is 0.224 e. The number of hydrogen-bond donors (Lipinski definition) is 1. The van der Waals surface area contributed by atoms with Gasteiger partial charge in [-0.1, -0.05) is 53.0 Å². The van der Waals surface area contributed by atoms with Crippen LogP contribution in [0.15, 0.2) is 42.5 Å². The van der Waals surface area contributed by atoms with Crippen LogP contribution >= 0.6 is 34.8 Å². The number of nitrogens with one attached hydrogen (secondary N) is 1. The van der Waals surface area contributed by atoms with Gasteiger partial charge >= 0.3 is 0 Å². The zero-order valence-electron chi connectivity index (χ0n) is 14.4. The molecule has 26 heavy (non-hydrogen) atoms. The Kier molecular flexibility index (Phi) is 6.82. The molecule has 1 unspecified atom stereocenters. The van der Waals surface area contributed by atoms with Gasteiger partial charge in [-0.05, 0) is 49.2 Å². The Balaban J connectivity index is 1.55. The Hall–Kier alpha value is -1.26. The third-order valence-corrected chi connectivity index (χ3v) is 5.66. The van der Waals surface area contributed by atoms with E-state index in [1.54, 1.807) is 0 Å². The number of benzene rings is 2. The van der Waals surface area contributed by atoms with Crippen LogP contribution in [0.3, 0.4) is 0 Å². The molecule has 0 bridgehead atoms. The van der Waals surface area contributed by atoms with Gasteiger partial charge < -0.3 is 5.32 Å². The van der Waals surface area contributed by atoms with Crippen molar-refractivity contribution < 1.29 is 4.79 Å². The van der Waals surface area contributed by atoms with Crippen LogP contribution in [0.4, 0.5) is 0 Å². The van der Waals surface area contributed by atoms with Crippen molar-refractivity contribution in [1.29, 1.82) is 0 Å². The van der Waals surface area contributed by atoms with Crippen molar-refractivity contribution in [1.82, 2.24) is 10.2 Å². The van der Waals surface area contributed by atoms with E-state index in [-0.39, 0.29) is 11.8 Å². The molecular weight excluding hydrogens is 391 g/mol. The van der Waals surface area contributed by atoms with E-state index in [2.05, 4.69) is 10.2 Å². The van der Waals surface area contributed by atoms with E-state index >= 15 is 0 Å². The fourth-order valence-electron chi connectivity index (χ4n) is 3.26. The topological polar surface area (TPSA) is 32.3 Å². The molecule has 2 aromatic rings. The quantitative estimate of drug-likeness (QED) is 0.735. The fraction of sp³-hybridized carbons (Fsp3) is 0.350. The molecular formula is C20H21Cl3N2O. The first-order chi connectivity index (χ1) is 12.5. The van der Waals surface area contributed by atoms with Crippen molar-refractivity contribution in [3.05, 3.63) is 68.7 Å². The first kappa shape index (κ1) is 19.5. The van der Waals surface area contributed by atoms with Crippen LogP contribution in [0, 0.1) is 5.92 Å². The van der Waals surface area contributed by atoms with Gasteiger partial charge in [-0.2, -0.15) is 0 Å². The Morgan fingerprint density at radius 2 is 1.77 bits per heavy atom. The minimum absolute atomic E-state index is 0.0164. The summed E-state index contributed by atoms with van der Waals surface area (Å²) in [5, 5.41) is 5.08. The molecule has 3 rings (SSSR count). The van der Waals surface area contributed by atoms with Gasteiger partial charge in [0.25, 0.3) is 0 Å². The summed E-state index contributed by atoms with van der Waals surface area (Å²) in [5.74, 6) is 0.0761. The molecule has 1 N–H and O–H groups in total. The third-order valence-electron chi connectivity index (χ3n) is 4.70. The molecule has 1 aliphatic rings.